The van der Waals surface area contributed by atoms with E-state index >= 15 is 0 Å². The lowest BCUT2D eigenvalue weighted by molar-refractivity contribution is -0.153. The van der Waals surface area contributed by atoms with Gasteiger partial charge in [0.1, 0.15) is 30.0 Å². The van der Waals surface area contributed by atoms with E-state index in [1.54, 1.807) is 7.11 Å². The average Bonchev–Trinajstić information content (AvgIpc) is 2.92. The van der Waals surface area contributed by atoms with Gasteiger partial charge in [-0.1, -0.05) is 44.7 Å². The SMILES string of the molecule is CCCCOC(=O)C(CCCN[C@@H](C)c1cc(F)cc(Cl)c1COc1ccc(OC)cc1)O[Si](C)(C)CCCC. The Morgan fingerprint density at radius 3 is 2.38 bits per heavy atom. The zero-order valence-corrected chi connectivity index (χ0v) is 26.7. The van der Waals surface area contributed by atoms with Crippen LogP contribution in [0.1, 0.15) is 76.5 Å². The van der Waals surface area contributed by atoms with Crippen molar-refractivity contribution < 1.29 is 27.8 Å². The van der Waals surface area contributed by atoms with Gasteiger partial charge >= 0.3 is 5.97 Å². The predicted molar refractivity (Wildman–Crippen MR) is 162 cm³/mol. The molecule has 224 valence electrons. The average molecular weight is 596 g/mol. The van der Waals surface area contributed by atoms with E-state index < -0.39 is 20.2 Å². The first-order valence-electron chi connectivity index (χ1n) is 14.4. The molecule has 0 aliphatic heterocycles. The number of carbonyl (C=O) groups excluding carboxylic acids is 1. The molecule has 0 aliphatic carbocycles. The van der Waals surface area contributed by atoms with Crippen LogP contribution >= 0.6 is 11.6 Å². The van der Waals surface area contributed by atoms with Crippen LogP contribution in [0.25, 0.3) is 0 Å². The van der Waals surface area contributed by atoms with Crippen LogP contribution in [0.4, 0.5) is 4.39 Å². The minimum Gasteiger partial charge on any atom is -0.497 e. The quantitative estimate of drug-likeness (QED) is 0.100. The highest BCUT2D eigenvalue weighted by Gasteiger charge is 2.31. The summed E-state index contributed by atoms with van der Waals surface area (Å²) in [5.41, 5.74) is 1.46. The van der Waals surface area contributed by atoms with Crippen LogP contribution in [0.5, 0.6) is 11.5 Å². The Kier molecular flexibility index (Phi) is 15.0. The van der Waals surface area contributed by atoms with Crippen LogP contribution < -0.4 is 14.8 Å². The molecule has 40 heavy (non-hydrogen) atoms. The Bertz CT molecular complexity index is 1040. The summed E-state index contributed by atoms with van der Waals surface area (Å²) in [6.07, 6.45) is 4.70. The van der Waals surface area contributed by atoms with E-state index in [1.165, 1.54) is 12.1 Å². The molecule has 1 unspecified atom stereocenters. The third-order valence-corrected chi connectivity index (χ3v) is 9.61. The normalized spacial score (nSPS) is 13.1. The lowest BCUT2D eigenvalue weighted by atomic mass is 10.0. The molecule has 0 saturated carbocycles. The molecule has 2 atom stereocenters. The van der Waals surface area contributed by atoms with Crippen molar-refractivity contribution >= 4 is 25.9 Å². The fourth-order valence-corrected chi connectivity index (χ4v) is 6.96. The summed E-state index contributed by atoms with van der Waals surface area (Å²) >= 11 is 6.45. The maximum atomic E-state index is 14.3. The van der Waals surface area contributed by atoms with Crippen LogP contribution in [0.2, 0.25) is 24.2 Å². The Morgan fingerprint density at radius 1 is 1.05 bits per heavy atom. The van der Waals surface area contributed by atoms with Gasteiger partial charge in [-0.05, 0) is 93.8 Å². The van der Waals surface area contributed by atoms with Crippen molar-refractivity contribution in [2.45, 2.75) is 97.2 Å². The molecule has 2 rings (SSSR count). The van der Waals surface area contributed by atoms with Crippen LogP contribution in [0.3, 0.4) is 0 Å². The van der Waals surface area contributed by atoms with Gasteiger partial charge < -0.3 is 24.0 Å². The lowest BCUT2D eigenvalue weighted by Gasteiger charge is -2.28. The Balaban J connectivity index is 2.01. The van der Waals surface area contributed by atoms with Gasteiger partial charge in [0, 0.05) is 11.6 Å². The summed E-state index contributed by atoms with van der Waals surface area (Å²) in [4.78, 5) is 12.8. The second-order valence-electron chi connectivity index (χ2n) is 10.7. The second kappa shape index (κ2) is 17.6. The van der Waals surface area contributed by atoms with E-state index in [2.05, 4.69) is 32.3 Å². The van der Waals surface area contributed by atoms with E-state index in [9.17, 15) is 9.18 Å². The van der Waals surface area contributed by atoms with E-state index in [0.29, 0.717) is 36.8 Å². The number of benzene rings is 2. The summed E-state index contributed by atoms with van der Waals surface area (Å²) < 4.78 is 37.4. The molecule has 1 N–H and O–H groups in total. The third-order valence-electron chi connectivity index (χ3n) is 6.80. The molecule has 2 aromatic rings. The minimum absolute atomic E-state index is 0.186. The van der Waals surface area contributed by atoms with Gasteiger partial charge in [-0.25, -0.2) is 9.18 Å². The number of ether oxygens (including phenoxy) is 3. The van der Waals surface area contributed by atoms with Gasteiger partial charge in [0.25, 0.3) is 0 Å². The largest absolute Gasteiger partial charge is 0.497 e. The maximum absolute atomic E-state index is 14.3. The van der Waals surface area contributed by atoms with Crippen LogP contribution in [-0.4, -0.2) is 40.7 Å². The van der Waals surface area contributed by atoms with Crippen LogP contribution in [0.15, 0.2) is 36.4 Å². The molecule has 9 heteroatoms. The predicted octanol–water partition coefficient (Wildman–Crippen LogP) is 8.23. The number of esters is 1. The van der Waals surface area contributed by atoms with Gasteiger partial charge in [-0.2, -0.15) is 0 Å². The molecule has 0 radical (unpaired) electrons. The van der Waals surface area contributed by atoms with Crippen molar-refractivity contribution in [1.82, 2.24) is 5.32 Å². The van der Waals surface area contributed by atoms with Crippen molar-refractivity contribution in [3.8, 4) is 11.5 Å². The fraction of sp³-hybridized carbons (Fsp3) is 0.581. The van der Waals surface area contributed by atoms with Gasteiger partial charge in [-0.3, -0.25) is 0 Å². The van der Waals surface area contributed by atoms with Gasteiger partial charge in [0.15, 0.2) is 8.32 Å². The highest BCUT2D eigenvalue weighted by atomic mass is 35.5. The zero-order valence-electron chi connectivity index (χ0n) is 25.0. The van der Waals surface area contributed by atoms with Gasteiger partial charge in [-0.15, -0.1) is 0 Å². The van der Waals surface area contributed by atoms with Gasteiger partial charge in [0.2, 0.25) is 0 Å². The number of hydrogen-bond donors (Lipinski definition) is 1. The molecule has 0 amide bonds. The van der Waals surface area contributed by atoms with E-state index in [4.69, 9.17) is 30.2 Å². The maximum Gasteiger partial charge on any atom is 0.334 e. The molecule has 0 aromatic heterocycles. The monoisotopic (exact) mass is 595 g/mol. The smallest absolute Gasteiger partial charge is 0.334 e. The molecule has 6 nitrogen and oxygen atoms in total. The summed E-state index contributed by atoms with van der Waals surface area (Å²) in [7, 11) is -0.385. The first-order chi connectivity index (χ1) is 19.1. The molecule has 0 bridgehead atoms. The topological polar surface area (TPSA) is 66.0 Å². The van der Waals surface area contributed by atoms with E-state index in [-0.39, 0.29) is 18.6 Å². The Morgan fingerprint density at radius 2 is 1.73 bits per heavy atom. The Hall–Kier alpha value is -2.13. The molecule has 0 fully saturated rings. The first-order valence-corrected chi connectivity index (χ1v) is 17.9. The molecule has 0 saturated heterocycles. The third kappa shape index (κ3) is 11.8. The van der Waals surface area contributed by atoms with Crippen molar-refractivity contribution in [1.29, 1.82) is 0 Å². The molecule has 0 heterocycles. The van der Waals surface area contributed by atoms with E-state index in [1.807, 2.05) is 31.2 Å². The van der Waals surface area contributed by atoms with Crippen molar-refractivity contribution in [2.24, 2.45) is 0 Å². The highest BCUT2D eigenvalue weighted by molar-refractivity contribution is 6.71. The molecular formula is C31H47ClFNO5Si. The van der Waals surface area contributed by atoms with E-state index in [0.717, 1.165) is 48.6 Å². The standard InChI is InChI=1S/C31H47ClFNO5Si/c1-7-9-18-37-31(35)30(39-40(5,6)19-10-8-2)12-11-17-34-23(3)27-20-24(33)21-29(32)28(27)22-38-26-15-13-25(36-4)14-16-26/h13-16,20-21,23,30,34H,7-12,17-19,22H2,1-6H3/t23-,30?/m0/s1. The number of halogens is 2. The molecular weight excluding hydrogens is 549 g/mol. The molecule has 2 aromatic carbocycles. The number of rotatable bonds is 19. The van der Waals surface area contributed by atoms with Crippen LogP contribution in [-0.2, 0) is 20.6 Å². The van der Waals surface area contributed by atoms with Crippen molar-refractivity contribution in [3.05, 3.63) is 58.4 Å². The number of carbonyl (C=O) groups is 1. The summed E-state index contributed by atoms with van der Waals surface area (Å²) in [6.45, 7) is 11.8. The van der Waals surface area contributed by atoms with Gasteiger partial charge in [0.05, 0.1) is 18.7 Å². The van der Waals surface area contributed by atoms with Crippen molar-refractivity contribution in [3.63, 3.8) is 0 Å². The Labute approximate surface area is 246 Å². The summed E-state index contributed by atoms with van der Waals surface area (Å²) in [5, 5.41) is 3.78. The second-order valence-corrected chi connectivity index (χ2v) is 15.4. The minimum atomic E-state index is -1.99. The summed E-state index contributed by atoms with van der Waals surface area (Å²) in [5.74, 6) is 0.729. The number of methoxy groups -OCH3 is 1. The summed E-state index contributed by atoms with van der Waals surface area (Å²) in [6, 6.07) is 10.9. The zero-order chi connectivity index (χ0) is 29.5. The van der Waals surface area contributed by atoms with Crippen molar-refractivity contribution in [2.75, 3.05) is 20.3 Å². The number of nitrogens with one attached hydrogen (secondary N) is 1. The molecule has 0 aliphatic rings. The lowest BCUT2D eigenvalue weighted by Crippen LogP contribution is -2.40. The molecule has 0 spiro atoms. The first kappa shape index (κ1) is 34.1. The highest BCUT2D eigenvalue weighted by Crippen LogP contribution is 2.29. The fourth-order valence-electron chi connectivity index (χ4n) is 4.39. The number of hydrogen-bond acceptors (Lipinski definition) is 6. The van der Waals surface area contributed by atoms with Crippen LogP contribution in [0, 0.1) is 5.82 Å². The number of unbranched alkanes of at least 4 members (excludes halogenated alkanes) is 2.